The molecule has 0 heterocycles. The van der Waals surface area contributed by atoms with Crippen LogP contribution in [-0.4, -0.2) is 13.8 Å². The molecular weight excluding hydrogens is 182 g/mol. The number of hydrogen-bond acceptors (Lipinski definition) is 1. The maximum Gasteiger partial charge on any atom is 0.0269 e. The Labute approximate surface area is 96.3 Å². The third-order valence-electron chi connectivity index (χ3n) is 1.57. The van der Waals surface area contributed by atoms with E-state index in [9.17, 15) is 0 Å². The van der Waals surface area contributed by atoms with E-state index in [1.165, 1.54) is 24.0 Å². The lowest BCUT2D eigenvalue weighted by molar-refractivity contribution is 0.906. The number of aliphatic imine (C=N–C) groups is 1. The molecule has 0 spiro atoms. The minimum absolute atomic E-state index is 1.27. The highest BCUT2D eigenvalue weighted by molar-refractivity contribution is 5.22. The second-order valence-electron chi connectivity index (χ2n) is 2.84. The predicted octanol–water partition coefficient (Wildman–Crippen LogP) is 4.82. The van der Waals surface area contributed by atoms with Crippen LogP contribution in [0.4, 0.5) is 0 Å². The third kappa shape index (κ3) is 19.3. The van der Waals surface area contributed by atoms with Gasteiger partial charge in [-0.2, -0.15) is 0 Å². The minimum Gasteiger partial charge on any atom is -0.304 e. The number of rotatable bonds is 0. The second-order valence-corrected chi connectivity index (χ2v) is 2.84. The molecule has 0 bridgehead atoms. The van der Waals surface area contributed by atoms with E-state index in [-0.39, 0.29) is 0 Å². The normalized spacial score (nSPS) is 12.1. The Morgan fingerprint density at radius 2 is 1.20 bits per heavy atom. The maximum absolute atomic E-state index is 3.25. The van der Waals surface area contributed by atoms with Gasteiger partial charge in [-0.05, 0) is 33.4 Å². The zero-order valence-electron chi connectivity index (χ0n) is 11.1. The monoisotopic (exact) mass is 209 g/mol. The van der Waals surface area contributed by atoms with E-state index >= 15 is 0 Å². The van der Waals surface area contributed by atoms with Crippen LogP contribution in [0.15, 0.2) is 41.4 Å². The standard InChI is InChI=1S/C8H12.C2H5N.C2H6.C2H4/c1-7-3-5-8(2)6-4-7;1-3-2;2*1-2/h3,5H,4,6H2,1-2H3;1H2,2H3;1-2H3;1-2H2. The van der Waals surface area contributed by atoms with Crippen LogP contribution in [0.5, 0.6) is 0 Å². The zero-order chi connectivity index (χ0) is 12.7. The maximum atomic E-state index is 3.25. The summed E-state index contributed by atoms with van der Waals surface area (Å²) in [6, 6.07) is 0. The molecule has 0 aromatic rings. The molecular formula is C14H27N. The Morgan fingerprint density at radius 3 is 1.33 bits per heavy atom. The van der Waals surface area contributed by atoms with Gasteiger partial charge in [0.05, 0.1) is 0 Å². The molecule has 88 valence electrons. The molecule has 0 amide bonds. The lowest BCUT2D eigenvalue weighted by Gasteiger charge is -2.05. The second kappa shape index (κ2) is 18.6. The topological polar surface area (TPSA) is 12.4 Å². The van der Waals surface area contributed by atoms with Gasteiger partial charge in [0.15, 0.2) is 0 Å². The van der Waals surface area contributed by atoms with Gasteiger partial charge in [-0.15, -0.1) is 13.2 Å². The molecule has 0 saturated carbocycles. The van der Waals surface area contributed by atoms with E-state index in [2.05, 4.69) is 50.9 Å². The zero-order valence-corrected chi connectivity index (χ0v) is 11.1. The fraction of sp³-hybridized carbons (Fsp3) is 0.500. The lowest BCUT2D eigenvalue weighted by Crippen LogP contribution is -1.85. The minimum atomic E-state index is 1.27. The van der Waals surface area contributed by atoms with Gasteiger partial charge < -0.3 is 4.99 Å². The molecule has 0 unspecified atom stereocenters. The Bertz CT molecular complexity index is 170. The Kier molecular flexibility index (Phi) is 24.2. The van der Waals surface area contributed by atoms with Crippen molar-refractivity contribution in [3.05, 3.63) is 36.5 Å². The lowest BCUT2D eigenvalue weighted by atomic mass is 10.0. The fourth-order valence-electron chi connectivity index (χ4n) is 0.846. The molecule has 0 aliphatic heterocycles. The van der Waals surface area contributed by atoms with Gasteiger partial charge in [0.2, 0.25) is 0 Å². The average molecular weight is 209 g/mol. The van der Waals surface area contributed by atoms with E-state index in [0.717, 1.165) is 0 Å². The molecule has 0 aromatic heterocycles. The van der Waals surface area contributed by atoms with Crippen molar-refractivity contribution in [2.75, 3.05) is 7.05 Å². The molecule has 1 nitrogen and oxygen atoms in total. The molecule has 1 aliphatic carbocycles. The van der Waals surface area contributed by atoms with Crippen LogP contribution in [-0.2, 0) is 0 Å². The first-order chi connectivity index (χ1) is 7.20. The first-order valence-electron chi connectivity index (χ1n) is 5.38. The summed E-state index contributed by atoms with van der Waals surface area (Å²) in [6.07, 6.45) is 6.95. The van der Waals surface area contributed by atoms with Crippen LogP contribution in [0, 0.1) is 0 Å². The van der Waals surface area contributed by atoms with Crippen molar-refractivity contribution in [3.63, 3.8) is 0 Å². The van der Waals surface area contributed by atoms with Crippen LogP contribution in [0.1, 0.15) is 40.5 Å². The van der Waals surface area contributed by atoms with Gasteiger partial charge in [-0.3, -0.25) is 0 Å². The van der Waals surface area contributed by atoms with Gasteiger partial charge >= 0.3 is 0 Å². The van der Waals surface area contributed by atoms with Crippen LogP contribution in [0.3, 0.4) is 0 Å². The number of nitrogens with zero attached hydrogens (tertiary/aromatic N) is 1. The van der Waals surface area contributed by atoms with Crippen LogP contribution < -0.4 is 0 Å². The summed E-state index contributed by atoms with van der Waals surface area (Å²) in [4.78, 5) is 3.25. The molecule has 1 rings (SSSR count). The summed E-state index contributed by atoms with van der Waals surface area (Å²) < 4.78 is 0. The average Bonchev–Trinajstić information content (AvgIpc) is 2.29. The SMILES string of the molecule is C=C.C=NC.CC.CC1=CC=C(C)CC1. The Hall–Kier alpha value is -1.11. The molecule has 0 fully saturated rings. The van der Waals surface area contributed by atoms with Crippen molar-refractivity contribution < 1.29 is 0 Å². The van der Waals surface area contributed by atoms with Gasteiger partial charge in [0.1, 0.15) is 0 Å². The summed E-state index contributed by atoms with van der Waals surface area (Å²) >= 11 is 0. The van der Waals surface area contributed by atoms with Crippen LogP contribution in [0.2, 0.25) is 0 Å². The van der Waals surface area contributed by atoms with E-state index < -0.39 is 0 Å². The third-order valence-corrected chi connectivity index (χ3v) is 1.57. The van der Waals surface area contributed by atoms with E-state index in [4.69, 9.17) is 0 Å². The van der Waals surface area contributed by atoms with Gasteiger partial charge in [-0.1, -0.05) is 37.1 Å². The summed E-state index contributed by atoms with van der Waals surface area (Å²) in [6.45, 7) is 17.5. The van der Waals surface area contributed by atoms with Gasteiger partial charge in [0, 0.05) is 7.05 Å². The van der Waals surface area contributed by atoms with E-state index in [1.807, 2.05) is 13.8 Å². The fourth-order valence-corrected chi connectivity index (χ4v) is 0.846. The Morgan fingerprint density at radius 1 is 1.00 bits per heavy atom. The molecule has 0 atom stereocenters. The molecule has 15 heavy (non-hydrogen) atoms. The van der Waals surface area contributed by atoms with Gasteiger partial charge in [0.25, 0.3) is 0 Å². The molecule has 0 aromatic carbocycles. The predicted molar refractivity (Wildman–Crippen MR) is 74.8 cm³/mol. The summed E-state index contributed by atoms with van der Waals surface area (Å²) in [7, 11) is 1.64. The summed E-state index contributed by atoms with van der Waals surface area (Å²) in [5.74, 6) is 0. The molecule has 0 saturated heterocycles. The highest BCUT2D eigenvalue weighted by atomic mass is 14.6. The van der Waals surface area contributed by atoms with Crippen molar-refractivity contribution in [2.45, 2.75) is 40.5 Å². The van der Waals surface area contributed by atoms with Crippen molar-refractivity contribution in [1.82, 2.24) is 0 Å². The van der Waals surface area contributed by atoms with Crippen molar-refractivity contribution in [1.29, 1.82) is 0 Å². The van der Waals surface area contributed by atoms with Crippen molar-refractivity contribution in [2.24, 2.45) is 4.99 Å². The number of allylic oxidation sites excluding steroid dienone is 4. The summed E-state index contributed by atoms with van der Waals surface area (Å²) in [5.41, 5.74) is 3.02. The smallest absolute Gasteiger partial charge is 0.0269 e. The van der Waals surface area contributed by atoms with Gasteiger partial charge in [-0.25, -0.2) is 0 Å². The molecule has 0 radical (unpaired) electrons. The first kappa shape index (κ1) is 19.5. The van der Waals surface area contributed by atoms with Crippen molar-refractivity contribution in [3.8, 4) is 0 Å². The quantitative estimate of drug-likeness (QED) is 0.401. The summed E-state index contributed by atoms with van der Waals surface area (Å²) in [5, 5.41) is 0. The highest BCUT2D eigenvalue weighted by Crippen LogP contribution is 2.15. The highest BCUT2D eigenvalue weighted by Gasteiger charge is 1.95. The first-order valence-corrected chi connectivity index (χ1v) is 5.38. The Balaban J connectivity index is -0.000000176. The van der Waals surface area contributed by atoms with E-state index in [1.54, 1.807) is 7.05 Å². The van der Waals surface area contributed by atoms with Crippen molar-refractivity contribution >= 4 is 6.72 Å². The molecule has 1 aliphatic rings. The largest absolute Gasteiger partial charge is 0.304 e. The van der Waals surface area contributed by atoms with Crippen LogP contribution >= 0.6 is 0 Å². The molecule has 1 heteroatoms. The van der Waals surface area contributed by atoms with E-state index in [0.29, 0.717) is 0 Å². The number of hydrogen-bond donors (Lipinski definition) is 0. The molecule has 0 N–H and O–H groups in total. The van der Waals surface area contributed by atoms with Crippen LogP contribution in [0.25, 0.3) is 0 Å².